The highest BCUT2D eigenvalue weighted by Crippen LogP contribution is 2.25. The topological polar surface area (TPSA) is 66.8 Å². The maximum atomic E-state index is 12.3. The molecule has 0 saturated carbocycles. The second-order valence-electron chi connectivity index (χ2n) is 5.41. The van der Waals surface area contributed by atoms with Crippen LogP contribution in [0.5, 0.6) is 5.75 Å². The summed E-state index contributed by atoms with van der Waals surface area (Å²) >= 11 is 0. The summed E-state index contributed by atoms with van der Waals surface area (Å²) in [4.78, 5) is 24.5. The number of likely N-dealkylation sites (tertiary alicyclic amines) is 1. The van der Waals surface area contributed by atoms with Gasteiger partial charge in [0.25, 0.3) is 5.91 Å². The Morgan fingerprint density at radius 3 is 2.48 bits per heavy atom. The summed E-state index contributed by atoms with van der Waals surface area (Å²) in [6, 6.07) is 4.93. The Hall–Kier alpha value is -2.25. The molecule has 1 aromatic carbocycles. The Labute approximate surface area is 130 Å². The quantitative estimate of drug-likeness (QED) is 0.921. The molecule has 0 unspecified atom stereocenters. The number of carbonyl (C=O) groups is 2. The number of carboxylic acids is 1. The molecule has 23 heavy (non-hydrogen) atoms. The fourth-order valence-electron chi connectivity index (χ4n) is 2.60. The van der Waals surface area contributed by atoms with Gasteiger partial charge in [-0.2, -0.15) is 0 Å². The average Bonchev–Trinajstić information content (AvgIpc) is 2.45. The van der Waals surface area contributed by atoms with Crippen molar-refractivity contribution in [3.63, 3.8) is 0 Å². The van der Waals surface area contributed by atoms with Gasteiger partial charge in [0.1, 0.15) is 5.75 Å². The van der Waals surface area contributed by atoms with Crippen molar-refractivity contribution in [1.29, 1.82) is 0 Å². The maximum absolute atomic E-state index is 12.3. The van der Waals surface area contributed by atoms with Crippen LogP contribution in [-0.2, 0) is 4.79 Å². The van der Waals surface area contributed by atoms with Crippen molar-refractivity contribution in [2.24, 2.45) is 5.92 Å². The molecule has 8 heteroatoms. The summed E-state index contributed by atoms with van der Waals surface area (Å²) in [6.45, 7) is 0.780. The number of benzene rings is 1. The molecule has 0 aromatic heterocycles. The Bertz CT molecular complexity index is 580. The number of alkyl halides is 3. The molecule has 1 amide bonds. The van der Waals surface area contributed by atoms with E-state index < -0.39 is 18.1 Å². The lowest BCUT2D eigenvalue weighted by atomic mass is 9.93. The van der Waals surface area contributed by atoms with Crippen molar-refractivity contribution >= 4 is 11.9 Å². The van der Waals surface area contributed by atoms with Crippen molar-refractivity contribution in [2.45, 2.75) is 25.6 Å². The van der Waals surface area contributed by atoms with Crippen LogP contribution in [-0.4, -0.2) is 41.3 Å². The van der Waals surface area contributed by atoms with E-state index in [4.69, 9.17) is 5.11 Å². The van der Waals surface area contributed by atoms with E-state index >= 15 is 0 Å². The third-order valence-corrected chi connectivity index (χ3v) is 3.68. The zero-order chi connectivity index (χ0) is 17.0. The van der Waals surface area contributed by atoms with Crippen LogP contribution in [0.25, 0.3) is 0 Å². The van der Waals surface area contributed by atoms with E-state index in [9.17, 15) is 22.8 Å². The SMILES string of the molecule is O=C(O)CC1CCN(C(=O)c2cccc(OC(F)(F)F)c2)CC1. The second kappa shape index (κ2) is 6.89. The summed E-state index contributed by atoms with van der Waals surface area (Å²) in [6.07, 6.45) is -3.61. The van der Waals surface area contributed by atoms with Crippen LogP contribution in [0.2, 0.25) is 0 Å². The molecule has 1 N–H and O–H groups in total. The smallest absolute Gasteiger partial charge is 0.481 e. The van der Waals surface area contributed by atoms with Crippen molar-refractivity contribution in [1.82, 2.24) is 4.90 Å². The van der Waals surface area contributed by atoms with Crippen LogP contribution in [0.15, 0.2) is 24.3 Å². The number of amides is 1. The van der Waals surface area contributed by atoms with Gasteiger partial charge in [-0.3, -0.25) is 9.59 Å². The zero-order valence-electron chi connectivity index (χ0n) is 12.2. The number of carboxylic acid groups (broad SMARTS) is 1. The van der Waals surface area contributed by atoms with E-state index in [1.807, 2.05) is 0 Å². The van der Waals surface area contributed by atoms with E-state index in [0.29, 0.717) is 25.9 Å². The van der Waals surface area contributed by atoms with Crippen LogP contribution in [0.3, 0.4) is 0 Å². The van der Waals surface area contributed by atoms with Crippen LogP contribution < -0.4 is 4.74 Å². The van der Waals surface area contributed by atoms with Gasteiger partial charge in [0.15, 0.2) is 0 Å². The number of nitrogens with zero attached hydrogens (tertiary/aromatic N) is 1. The van der Waals surface area contributed by atoms with Gasteiger partial charge in [0.05, 0.1) is 0 Å². The molecule has 0 atom stereocenters. The molecule has 0 aliphatic carbocycles. The van der Waals surface area contributed by atoms with Gasteiger partial charge in [-0.15, -0.1) is 13.2 Å². The van der Waals surface area contributed by atoms with E-state index in [0.717, 1.165) is 12.1 Å². The Kier molecular flexibility index (Phi) is 5.12. The highest BCUT2D eigenvalue weighted by Gasteiger charge is 2.31. The Morgan fingerprint density at radius 2 is 1.91 bits per heavy atom. The van der Waals surface area contributed by atoms with Crippen molar-refractivity contribution in [3.05, 3.63) is 29.8 Å². The highest BCUT2D eigenvalue weighted by molar-refractivity contribution is 5.94. The standard InChI is InChI=1S/C15H16F3NO4/c16-15(17,18)23-12-3-1-2-11(9-12)14(22)19-6-4-10(5-7-19)8-13(20)21/h1-3,9-10H,4-8H2,(H,20,21). The lowest BCUT2D eigenvalue weighted by molar-refractivity contribution is -0.274. The van der Waals surface area contributed by atoms with Gasteiger partial charge in [-0.05, 0) is 37.0 Å². The lowest BCUT2D eigenvalue weighted by Crippen LogP contribution is -2.38. The molecule has 1 saturated heterocycles. The van der Waals surface area contributed by atoms with Crippen LogP contribution in [0, 0.1) is 5.92 Å². The first-order chi connectivity index (χ1) is 10.7. The number of ether oxygens (including phenoxy) is 1. The molecular formula is C15H16F3NO4. The second-order valence-corrected chi connectivity index (χ2v) is 5.41. The third-order valence-electron chi connectivity index (χ3n) is 3.68. The predicted octanol–water partition coefficient (Wildman–Crippen LogP) is 2.91. The number of aliphatic carboxylic acids is 1. The average molecular weight is 331 g/mol. The first kappa shape index (κ1) is 17.1. The molecule has 1 aromatic rings. The summed E-state index contributed by atoms with van der Waals surface area (Å²) < 4.78 is 40.4. The molecular weight excluding hydrogens is 315 g/mol. The molecule has 2 rings (SSSR count). The summed E-state index contributed by atoms with van der Waals surface area (Å²) in [5.41, 5.74) is 0.114. The van der Waals surface area contributed by atoms with Crippen LogP contribution >= 0.6 is 0 Å². The molecule has 0 radical (unpaired) electrons. The van der Waals surface area contributed by atoms with Crippen molar-refractivity contribution < 1.29 is 32.6 Å². The van der Waals surface area contributed by atoms with Crippen molar-refractivity contribution in [3.8, 4) is 5.75 Å². The number of hydrogen-bond donors (Lipinski definition) is 1. The normalized spacial score (nSPS) is 16.2. The van der Waals surface area contributed by atoms with Gasteiger partial charge in [0.2, 0.25) is 0 Å². The minimum atomic E-state index is -4.81. The summed E-state index contributed by atoms with van der Waals surface area (Å²) in [7, 11) is 0. The fourth-order valence-corrected chi connectivity index (χ4v) is 2.60. The van der Waals surface area contributed by atoms with Gasteiger partial charge in [-0.25, -0.2) is 0 Å². The monoisotopic (exact) mass is 331 g/mol. The Balaban J connectivity index is 1.99. The molecule has 1 fully saturated rings. The molecule has 0 spiro atoms. The predicted molar refractivity (Wildman–Crippen MR) is 74.0 cm³/mol. The summed E-state index contributed by atoms with van der Waals surface area (Å²) in [5.74, 6) is -1.67. The number of hydrogen-bond acceptors (Lipinski definition) is 3. The van der Waals surface area contributed by atoms with E-state index in [-0.39, 0.29) is 23.8 Å². The van der Waals surface area contributed by atoms with Crippen molar-refractivity contribution in [2.75, 3.05) is 13.1 Å². The maximum Gasteiger partial charge on any atom is 0.573 e. The lowest BCUT2D eigenvalue weighted by Gasteiger charge is -2.31. The molecule has 1 aliphatic heterocycles. The third kappa shape index (κ3) is 5.15. The largest absolute Gasteiger partial charge is 0.573 e. The van der Waals surface area contributed by atoms with E-state index in [1.165, 1.54) is 17.0 Å². The number of carbonyl (C=O) groups excluding carboxylic acids is 1. The molecule has 0 bridgehead atoms. The minimum absolute atomic E-state index is 0.0245. The molecule has 126 valence electrons. The number of halogens is 3. The van der Waals surface area contributed by atoms with Gasteiger partial charge in [0, 0.05) is 25.1 Å². The zero-order valence-corrected chi connectivity index (χ0v) is 12.2. The van der Waals surface area contributed by atoms with Gasteiger partial charge in [-0.1, -0.05) is 6.07 Å². The van der Waals surface area contributed by atoms with Gasteiger partial charge < -0.3 is 14.7 Å². The van der Waals surface area contributed by atoms with Crippen LogP contribution in [0.4, 0.5) is 13.2 Å². The first-order valence-corrected chi connectivity index (χ1v) is 7.11. The molecule has 1 aliphatic rings. The summed E-state index contributed by atoms with van der Waals surface area (Å²) in [5, 5.41) is 8.76. The number of rotatable bonds is 4. The van der Waals surface area contributed by atoms with Gasteiger partial charge >= 0.3 is 12.3 Å². The van der Waals surface area contributed by atoms with Crippen LogP contribution in [0.1, 0.15) is 29.6 Å². The minimum Gasteiger partial charge on any atom is -0.481 e. The van der Waals surface area contributed by atoms with E-state index in [1.54, 1.807) is 0 Å². The van der Waals surface area contributed by atoms with E-state index in [2.05, 4.69) is 4.74 Å². The first-order valence-electron chi connectivity index (χ1n) is 7.11. The Morgan fingerprint density at radius 1 is 1.26 bits per heavy atom. The number of piperidine rings is 1. The molecule has 5 nitrogen and oxygen atoms in total. The highest BCUT2D eigenvalue weighted by atomic mass is 19.4. The fraction of sp³-hybridized carbons (Fsp3) is 0.467. The molecule has 1 heterocycles.